The molecular weight excluding hydrogens is 204 g/mol. The van der Waals surface area contributed by atoms with Crippen LogP contribution in [0.3, 0.4) is 0 Å². The van der Waals surface area contributed by atoms with Crippen molar-refractivity contribution < 1.29 is 9.90 Å². The lowest BCUT2D eigenvalue weighted by Crippen LogP contribution is -2.34. The van der Waals surface area contributed by atoms with Gasteiger partial charge in [0.25, 0.3) is 0 Å². The summed E-state index contributed by atoms with van der Waals surface area (Å²) < 4.78 is 0. The molecule has 1 atom stereocenters. The summed E-state index contributed by atoms with van der Waals surface area (Å²) in [4.78, 5) is 17.1. The number of nitrogens with zero attached hydrogens (tertiary/aromatic N) is 2. The van der Waals surface area contributed by atoms with Crippen LogP contribution in [0.25, 0.3) is 0 Å². The number of pyridine rings is 1. The van der Waals surface area contributed by atoms with E-state index >= 15 is 0 Å². The summed E-state index contributed by atoms with van der Waals surface area (Å²) >= 11 is 0. The van der Waals surface area contributed by atoms with Crippen LogP contribution in [-0.2, 0) is 0 Å². The second kappa shape index (κ2) is 4.51. The zero-order valence-electron chi connectivity index (χ0n) is 9.39. The predicted octanol–water partition coefficient (Wildman–Crippen LogP) is 2.02. The number of aromatic nitrogens is 1. The largest absolute Gasteiger partial charge is 0.478 e. The molecule has 16 heavy (non-hydrogen) atoms. The van der Waals surface area contributed by atoms with Gasteiger partial charge in [-0.2, -0.15) is 0 Å². The van der Waals surface area contributed by atoms with Gasteiger partial charge in [-0.15, -0.1) is 0 Å². The molecule has 0 radical (unpaired) electrons. The molecule has 4 nitrogen and oxygen atoms in total. The van der Waals surface area contributed by atoms with Crippen LogP contribution in [0.1, 0.15) is 30.1 Å². The van der Waals surface area contributed by atoms with Crippen LogP contribution in [0.4, 0.5) is 5.82 Å². The molecule has 1 aromatic rings. The van der Waals surface area contributed by atoms with Crippen molar-refractivity contribution >= 4 is 11.8 Å². The van der Waals surface area contributed by atoms with Gasteiger partial charge in [-0.05, 0) is 30.9 Å². The van der Waals surface area contributed by atoms with Gasteiger partial charge in [0.1, 0.15) is 5.82 Å². The van der Waals surface area contributed by atoms with Gasteiger partial charge < -0.3 is 10.0 Å². The molecule has 1 N–H and O–H groups in total. The molecule has 1 fully saturated rings. The van der Waals surface area contributed by atoms with Gasteiger partial charge in [-0.3, -0.25) is 0 Å². The Hall–Kier alpha value is -1.58. The molecule has 1 aliphatic rings. The van der Waals surface area contributed by atoms with Crippen molar-refractivity contribution in [3.8, 4) is 0 Å². The Morgan fingerprint density at radius 3 is 2.94 bits per heavy atom. The normalized spacial score (nSPS) is 20.8. The molecule has 86 valence electrons. The van der Waals surface area contributed by atoms with Crippen molar-refractivity contribution in [1.82, 2.24) is 4.98 Å². The smallest absolute Gasteiger partial charge is 0.337 e. The number of rotatable bonds is 2. The van der Waals surface area contributed by atoms with E-state index in [1.165, 1.54) is 19.0 Å². The van der Waals surface area contributed by atoms with Gasteiger partial charge in [0.2, 0.25) is 0 Å². The van der Waals surface area contributed by atoms with E-state index in [1.54, 1.807) is 12.1 Å². The molecule has 0 spiro atoms. The molecule has 0 aliphatic carbocycles. The third kappa shape index (κ3) is 2.32. The number of carboxylic acid groups (broad SMARTS) is 1. The van der Waals surface area contributed by atoms with Gasteiger partial charge in [0.15, 0.2) is 0 Å². The average Bonchev–Trinajstić information content (AvgIpc) is 2.29. The lowest BCUT2D eigenvalue weighted by molar-refractivity contribution is 0.0696. The van der Waals surface area contributed by atoms with Crippen LogP contribution < -0.4 is 4.90 Å². The van der Waals surface area contributed by atoms with Crippen LogP contribution in [-0.4, -0.2) is 29.1 Å². The maximum absolute atomic E-state index is 10.7. The molecule has 1 aliphatic heterocycles. The van der Waals surface area contributed by atoms with Gasteiger partial charge in [-0.25, -0.2) is 9.78 Å². The van der Waals surface area contributed by atoms with E-state index in [1.807, 2.05) is 0 Å². The summed E-state index contributed by atoms with van der Waals surface area (Å²) in [7, 11) is 0. The highest BCUT2D eigenvalue weighted by atomic mass is 16.4. The van der Waals surface area contributed by atoms with Gasteiger partial charge >= 0.3 is 5.97 Å². The number of anilines is 1. The second-order valence-corrected chi connectivity index (χ2v) is 4.40. The standard InChI is InChI=1S/C12H16N2O2/c1-9-3-2-6-14(8-9)11-5-4-10(7-13-11)12(15)16/h4-5,7,9H,2-3,6,8H2,1H3,(H,15,16)/t9-/m0/s1. The third-order valence-electron chi connectivity index (χ3n) is 2.98. The van der Waals surface area contributed by atoms with Crippen molar-refractivity contribution in [2.75, 3.05) is 18.0 Å². The Balaban J connectivity index is 2.11. The van der Waals surface area contributed by atoms with Gasteiger partial charge in [0, 0.05) is 19.3 Å². The van der Waals surface area contributed by atoms with Crippen LogP contribution in [0.5, 0.6) is 0 Å². The second-order valence-electron chi connectivity index (χ2n) is 4.40. The topological polar surface area (TPSA) is 53.4 Å². The van der Waals surface area contributed by atoms with Crippen molar-refractivity contribution in [2.24, 2.45) is 5.92 Å². The van der Waals surface area contributed by atoms with E-state index < -0.39 is 5.97 Å². The summed E-state index contributed by atoms with van der Waals surface area (Å²) in [5.74, 6) is 0.650. The van der Waals surface area contributed by atoms with Crippen LogP contribution in [0, 0.1) is 5.92 Å². The van der Waals surface area contributed by atoms with E-state index in [9.17, 15) is 4.79 Å². The summed E-state index contributed by atoms with van der Waals surface area (Å²) in [6, 6.07) is 3.41. The predicted molar refractivity (Wildman–Crippen MR) is 61.8 cm³/mol. The Morgan fingerprint density at radius 1 is 1.56 bits per heavy atom. The highest BCUT2D eigenvalue weighted by Gasteiger charge is 2.17. The minimum atomic E-state index is -0.925. The SMILES string of the molecule is C[C@H]1CCCN(c2ccc(C(=O)O)cn2)C1. The molecule has 0 aromatic carbocycles. The van der Waals surface area contributed by atoms with E-state index in [0.717, 1.165) is 18.9 Å². The Morgan fingerprint density at radius 2 is 2.38 bits per heavy atom. The van der Waals surface area contributed by atoms with Crippen molar-refractivity contribution in [2.45, 2.75) is 19.8 Å². The molecule has 0 bridgehead atoms. The first-order chi connectivity index (χ1) is 7.66. The molecule has 1 aromatic heterocycles. The number of hydrogen-bond donors (Lipinski definition) is 1. The Kier molecular flexibility index (Phi) is 3.08. The van der Waals surface area contributed by atoms with E-state index in [2.05, 4.69) is 16.8 Å². The molecule has 4 heteroatoms. The first-order valence-corrected chi connectivity index (χ1v) is 5.61. The van der Waals surface area contributed by atoms with Crippen molar-refractivity contribution in [3.63, 3.8) is 0 Å². The number of carbonyl (C=O) groups is 1. The van der Waals surface area contributed by atoms with Gasteiger partial charge in [-0.1, -0.05) is 6.92 Å². The molecule has 0 unspecified atom stereocenters. The average molecular weight is 220 g/mol. The summed E-state index contributed by atoms with van der Waals surface area (Å²) in [6.45, 7) is 4.26. The van der Waals surface area contributed by atoms with Crippen LogP contribution >= 0.6 is 0 Å². The molecule has 2 rings (SSSR count). The lowest BCUT2D eigenvalue weighted by atomic mass is 10.0. The Labute approximate surface area is 94.9 Å². The quantitative estimate of drug-likeness (QED) is 0.828. The molecule has 0 amide bonds. The Bertz CT molecular complexity index is 375. The molecule has 2 heterocycles. The van der Waals surface area contributed by atoms with Crippen molar-refractivity contribution in [1.29, 1.82) is 0 Å². The van der Waals surface area contributed by atoms with E-state index in [0.29, 0.717) is 5.92 Å². The zero-order valence-corrected chi connectivity index (χ0v) is 9.39. The molecule has 0 saturated carbocycles. The maximum Gasteiger partial charge on any atom is 0.337 e. The van der Waals surface area contributed by atoms with Crippen LogP contribution in [0.2, 0.25) is 0 Å². The van der Waals surface area contributed by atoms with Crippen LogP contribution in [0.15, 0.2) is 18.3 Å². The van der Waals surface area contributed by atoms with E-state index in [-0.39, 0.29) is 5.56 Å². The monoisotopic (exact) mass is 220 g/mol. The highest BCUT2D eigenvalue weighted by molar-refractivity contribution is 5.87. The molecular formula is C12H16N2O2. The summed E-state index contributed by atoms with van der Waals surface area (Å²) in [5.41, 5.74) is 0.244. The number of aromatic carboxylic acids is 1. The third-order valence-corrected chi connectivity index (χ3v) is 2.98. The van der Waals surface area contributed by atoms with Crippen molar-refractivity contribution in [3.05, 3.63) is 23.9 Å². The van der Waals surface area contributed by atoms with E-state index in [4.69, 9.17) is 5.11 Å². The zero-order chi connectivity index (χ0) is 11.5. The van der Waals surface area contributed by atoms with Gasteiger partial charge in [0.05, 0.1) is 5.56 Å². The minimum absolute atomic E-state index is 0.244. The first-order valence-electron chi connectivity index (χ1n) is 5.61. The fourth-order valence-corrected chi connectivity index (χ4v) is 2.10. The number of piperidine rings is 1. The number of carboxylic acids is 1. The fraction of sp³-hybridized carbons (Fsp3) is 0.500. The lowest BCUT2D eigenvalue weighted by Gasteiger charge is -2.31. The maximum atomic E-state index is 10.7. The number of hydrogen-bond acceptors (Lipinski definition) is 3. The summed E-state index contributed by atoms with van der Waals surface area (Å²) in [5, 5.41) is 8.77. The molecule has 1 saturated heterocycles. The minimum Gasteiger partial charge on any atom is -0.478 e. The first kappa shape index (κ1) is 10.9. The fourth-order valence-electron chi connectivity index (χ4n) is 2.10. The highest BCUT2D eigenvalue weighted by Crippen LogP contribution is 2.21. The summed E-state index contributed by atoms with van der Waals surface area (Å²) in [6.07, 6.45) is 3.88.